The van der Waals surface area contributed by atoms with Crippen LogP contribution < -0.4 is 5.32 Å². The van der Waals surface area contributed by atoms with Gasteiger partial charge < -0.3 is 9.73 Å². The Bertz CT molecular complexity index is 473. The Labute approximate surface area is 99.5 Å². The first-order valence-electron chi connectivity index (χ1n) is 5.07. The lowest BCUT2D eigenvalue weighted by molar-refractivity contribution is 0.490. The fourth-order valence-electron chi connectivity index (χ4n) is 1.49. The van der Waals surface area contributed by atoms with E-state index >= 15 is 0 Å². The summed E-state index contributed by atoms with van der Waals surface area (Å²) in [5, 5.41) is 3.71. The van der Waals surface area contributed by atoms with Gasteiger partial charge in [0.2, 0.25) is 0 Å². The lowest BCUT2D eigenvalue weighted by Gasteiger charge is -2.08. The van der Waals surface area contributed by atoms with E-state index < -0.39 is 0 Å². The van der Waals surface area contributed by atoms with Crippen LogP contribution in [-0.2, 0) is 6.54 Å². The molecule has 0 aliphatic heterocycles. The molecule has 4 heteroatoms. The van der Waals surface area contributed by atoms with E-state index in [1.165, 1.54) is 0 Å². The average molecular weight is 237 g/mol. The third-order valence-corrected chi connectivity index (χ3v) is 2.64. The summed E-state index contributed by atoms with van der Waals surface area (Å²) in [5.74, 6) is 1.79. The standard InChI is InChI=1S/C12H13ClN2O/c1-8-5-6-14-12(13)11(8)15-7-10-4-3-9(2)16-10/h3-6,15H,7H2,1-2H3. The zero-order chi connectivity index (χ0) is 11.5. The number of aryl methyl sites for hydroxylation is 2. The number of rotatable bonds is 3. The second-order valence-corrected chi connectivity index (χ2v) is 4.02. The molecule has 0 fully saturated rings. The van der Waals surface area contributed by atoms with Gasteiger partial charge in [0.05, 0.1) is 12.2 Å². The molecule has 0 aliphatic rings. The molecule has 0 amide bonds. The van der Waals surface area contributed by atoms with Crippen LogP contribution in [0.4, 0.5) is 5.69 Å². The lowest BCUT2D eigenvalue weighted by Crippen LogP contribution is -2.01. The highest BCUT2D eigenvalue weighted by molar-refractivity contribution is 6.32. The van der Waals surface area contributed by atoms with E-state index in [0.717, 1.165) is 22.8 Å². The number of aromatic nitrogens is 1. The van der Waals surface area contributed by atoms with Crippen LogP contribution in [0.2, 0.25) is 5.15 Å². The number of furan rings is 1. The molecule has 0 aliphatic carbocycles. The topological polar surface area (TPSA) is 38.1 Å². The molecule has 16 heavy (non-hydrogen) atoms. The Morgan fingerprint density at radius 2 is 2.12 bits per heavy atom. The van der Waals surface area contributed by atoms with Crippen molar-refractivity contribution < 1.29 is 4.42 Å². The quantitative estimate of drug-likeness (QED) is 0.829. The number of hydrogen-bond acceptors (Lipinski definition) is 3. The van der Waals surface area contributed by atoms with Gasteiger partial charge in [-0.1, -0.05) is 11.6 Å². The molecule has 2 rings (SSSR count). The molecule has 84 valence electrons. The number of hydrogen-bond donors (Lipinski definition) is 1. The third-order valence-electron chi connectivity index (χ3n) is 2.35. The van der Waals surface area contributed by atoms with Gasteiger partial charge in [-0.05, 0) is 37.6 Å². The maximum absolute atomic E-state index is 6.00. The largest absolute Gasteiger partial charge is 0.465 e. The van der Waals surface area contributed by atoms with Crippen molar-refractivity contribution >= 4 is 17.3 Å². The molecule has 0 atom stereocenters. The van der Waals surface area contributed by atoms with E-state index in [9.17, 15) is 0 Å². The number of nitrogens with zero attached hydrogens (tertiary/aromatic N) is 1. The highest BCUT2D eigenvalue weighted by Crippen LogP contribution is 2.23. The Balaban J connectivity index is 2.10. The molecule has 0 saturated heterocycles. The van der Waals surface area contributed by atoms with E-state index in [0.29, 0.717) is 11.7 Å². The summed E-state index contributed by atoms with van der Waals surface area (Å²) in [6.07, 6.45) is 1.69. The molecular formula is C12H13ClN2O. The summed E-state index contributed by atoms with van der Waals surface area (Å²) < 4.78 is 5.46. The molecule has 3 nitrogen and oxygen atoms in total. The Hall–Kier alpha value is -1.48. The fourth-order valence-corrected chi connectivity index (χ4v) is 1.77. The zero-order valence-electron chi connectivity index (χ0n) is 9.25. The van der Waals surface area contributed by atoms with Crippen molar-refractivity contribution in [2.24, 2.45) is 0 Å². The van der Waals surface area contributed by atoms with Crippen LogP contribution in [0.25, 0.3) is 0 Å². The lowest BCUT2D eigenvalue weighted by atomic mass is 10.2. The number of halogens is 1. The van der Waals surface area contributed by atoms with Gasteiger partial charge in [0, 0.05) is 6.20 Å². The molecule has 2 aromatic rings. The molecule has 0 bridgehead atoms. The molecular weight excluding hydrogens is 224 g/mol. The highest BCUT2D eigenvalue weighted by Gasteiger charge is 2.05. The van der Waals surface area contributed by atoms with E-state index in [1.54, 1.807) is 6.20 Å². The van der Waals surface area contributed by atoms with Gasteiger partial charge in [0.15, 0.2) is 5.15 Å². The molecule has 0 saturated carbocycles. The van der Waals surface area contributed by atoms with Crippen molar-refractivity contribution in [1.29, 1.82) is 0 Å². The highest BCUT2D eigenvalue weighted by atomic mass is 35.5. The van der Waals surface area contributed by atoms with Crippen molar-refractivity contribution in [1.82, 2.24) is 4.98 Å². The Morgan fingerprint density at radius 3 is 2.75 bits per heavy atom. The number of pyridine rings is 1. The normalized spacial score (nSPS) is 10.4. The van der Waals surface area contributed by atoms with E-state index in [2.05, 4.69) is 10.3 Å². The van der Waals surface area contributed by atoms with E-state index in [-0.39, 0.29) is 0 Å². The van der Waals surface area contributed by atoms with Crippen LogP contribution in [0.5, 0.6) is 0 Å². The van der Waals surface area contributed by atoms with Crippen LogP contribution >= 0.6 is 11.6 Å². The molecule has 0 spiro atoms. The Morgan fingerprint density at radius 1 is 1.31 bits per heavy atom. The van der Waals surface area contributed by atoms with Gasteiger partial charge in [-0.2, -0.15) is 0 Å². The maximum Gasteiger partial charge on any atom is 0.152 e. The molecule has 0 aromatic carbocycles. The molecule has 2 aromatic heterocycles. The molecule has 0 unspecified atom stereocenters. The first-order valence-corrected chi connectivity index (χ1v) is 5.45. The van der Waals surface area contributed by atoms with Crippen molar-refractivity contribution in [2.45, 2.75) is 20.4 Å². The first kappa shape index (κ1) is 11.0. The zero-order valence-corrected chi connectivity index (χ0v) is 10.0. The monoisotopic (exact) mass is 236 g/mol. The minimum Gasteiger partial charge on any atom is -0.465 e. The Kier molecular flexibility index (Phi) is 3.15. The SMILES string of the molecule is Cc1ccc(CNc2c(C)ccnc2Cl)o1. The number of nitrogens with one attached hydrogen (secondary N) is 1. The second-order valence-electron chi connectivity index (χ2n) is 3.66. The van der Waals surface area contributed by atoms with Crippen molar-refractivity contribution in [2.75, 3.05) is 5.32 Å². The average Bonchev–Trinajstić information content (AvgIpc) is 2.63. The van der Waals surface area contributed by atoms with E-state index in [4.69, 9.17) is 16.0 Å². The van der Waals surface area contributed by atoms with Crippen molar-refractivity contribution in [3.63, 3.8) is 0 Å². The molecule has 1 N–H and O–H groups in total. The predicted molar refractivity (Wildman–Crippen MR) is 64.8 cm³/mol. The first-order chi connectivity index (χ1) is 7.66. The second kappa shape index (κ2) is 4.58. The summed E-state index contributed by atoms with van der Waals surface area (Å²) in [5.41, 5.74) is 1.93. The van der Waals surface area contributed by atoms with E-state index in [1.807, 2.05) is 32.0 Å². The number of anilines is 1. The van der Waals surface area contributed by atoms with Crippen LogP contribution in [-0.4, -0.2) is 4.98 Å². The summed E-state index contributed by atoms with van der Waals surface area (Å²) >= 11 is 6.00. The van der Waals surface area contributed by atoms with Gasteiger partial charge in [-0.25, -0.2) is 4.98 Å². The van der Waals surface area contributed by atoms with Crippen LogP contribution in [0.15, 0.2) is 28.8 Å². The van der Waals surface area contributed by atoms with Crippen molar-refractivity contribution in [3.05, 3.63) is 46.6 Å². The third kappa shape index (κ3) is 2.36. The van der Waals surface area contributed by atoms with Gasteiger partial charge >= 0.3 is 0 Å². The van der Waals surface area contributed by atoms with Crippen LogP contribution in [0.1, 0.15) is 17.1 Å². The van der Waals surface area contributed by atoms with Gasteiger partial charge in [0.1, 0.15) is 11.5 Å². The summed E-state index contributed by atoms with van der Waals surface area (Å²) in [6, 6.07) is 5.80. The van der Waals surface area contributed by atoms with Gasteiger partial charge in [0.25, 0.3) is 0 Å². The minimum atomic E-state index is 0.489. The van der Waals surface area contributed by atoms with Crippen LogP contribution in [0, 0.1) is 13.8 Å². The smallest absolute Gasteiger partial charge is 0.152 e. The predicted octanol–water partition coefficient (Wildman–Crippen LogP) is 3.56. The summed E-state index contributed by atoms with van der Waals surface area (Å²) in [6.45, 7) is 4.52. The summed E-state index contributed by atoms with van der Waals surface area (Å²) in [4.78, 5) is 4.03. The van der Waals surface area contributed by atoms with Gasteiger partial charge in [-0.3, -0.25) is 0 Å². The maximum atomic E-state index is 6.00. The fraction of sp³-hybridized carbons (Fsp3) is 0.250. The van der Waals surface area contributed by atoms with Crippen LogP contribution in [0.3, 0.4) is 0 Å². The molecule has 2 heterocycles. The minimum absolute atomic E-state index is 0.489. The van der Waals surface area contributed by atoms with Gasteiger partial charge in [-0.15, -0.1) is 0 Å². The van der Waals surface area contributed by atoms with Crippen molar-refractivity contribution in [3.8, 4) is 0 Å². The molecule has 0 radical (unpaired) electrons. The summed E-state index contributed by atoms with van der Waals surface area (Å²) in [7, 11) is 0.